The second kappa shape index (κ2) is 5.03. The van der Waals surface area contributed by atoms with Crippen molar-refractivity contribution in [3.05, 3.63) is 40.7 Å². The van der Waals surface area contributed by atoms with E-state index in [9.17, 15) is 0 Å². The molecule has 2 N–H and O–H groups in total. The molecular formula is C13H13ClN4O. The van der Waals surface area contributed by atoms with Crippen molar-refractivity contribution < 1.29 is 4.74 Å². The van der Waals surface area contributed by atoms with E-state index >= 15 is 0 Å². The van der Waals surface area contributed by atoms with Gasteiger partial charge in [-0.2, -0.15) is 0 Å². The molecule has 3 rings (SSSR count). The van der Waals surface area contributed by atoms with Crippen molar-refractivity contribution >= 4 is 23.2 Å². The molecule has 0 radical (unpaired) electrons. The molecule has 0 fully saturated rings. The topological polar surface area (TPSA) is 59.1 Å². The maximum atomic E-state index is 6.14. The largest absolute Gasteiger partial charge is 0.497 e. The van der Waals surface area contributed by atoms with Gasteiger partial charge in [0, 0.05) is 30.4 Å². The van der Waals surface area contributed by atoms with Crippen LogP contribution in [0.15, 0.2) is 24.3 Å². The van der Waals surface area contributed by atoms with Crippen molar-refractivity contribution in [2.75, 3.05) is 12.4 Å². The normalized spacial score (nSPS) is 13.2. The highest BCUT2D eigenvalue weighted by Crippen LogP contribution is 2.25. The zero-order valence-corrected chi connectivity index (χ0v) is 11.2. The number of fused-ring (bicyclic) bond motifs is 1. The van der Waals surface area contributed by atoms with E-state index in [1.54, 1.807) is 7.11 Å². The first-order valence-corrected chi connectivity index (χ1v) is 6.31. The monoisotopic (exact) mass is 276 g/mol. The summed E-state index contributed by atoms with van der Waals surface area (Å²) in [5, 5.41) is 6.84. The number of methoxy groups -OCH3 is 1. The summed E-state index contributed by atoms with van der Waals surface area (Å²) in [7, 11) is 1.63. The number of benzene rings is 1. The van der Waals surface area contributed by atoms with Gasteiger partial charge in [-0.05, 0) is 12.1 Å². The minimum atomic E-state index is 0.500. The van der Waals surface area contributed by atoms with Crippen LogP contribution < -0.4 is 15.4 Å². The van der Waals surface area contributed by atoms with Gasteiger partial charge < -0.3 is 15.4 Å². The van der Waals surface area contributed by atoms with E-state index in [0.717, 1.165) is 35.8 Å². The number of nitrogens with one attached hydrogen (secondary N) is 2. The molecule has 0 bridgehead atoms. The fourth-order valence-electron chi connectivity index (χ4n) is 2.01. The molecule has 0 spiro atoms. The Morgan fingerprint density at radius 3 is 3.05 bits per heavy atom. The van der Waals surface area contributed by atoms with Crippen LogP contribution in [0.1, 0.15) is 11.3 Å². The SMILES string of the molecule is COc1cccc(Nc2nc(Cl)c3c(n2)CNC3)c1. The summed E-state index contributed by atoms with van der Waals surface area (Å²) < 4.78 is 5.17. The molecule has 0 saturated carbocycles. The van der Waals surface area contributed by atoms with E-state index in [1.807, 2.05) is 24.3 Å². The number of aromatic nitrogens is 2. The van der Waals surface area contributed by atoms with Crippen LogP contribution in [-0.2, 0) is 13.1 Å². The van der Waals surface area contributed by atoms with Crippen molar-refractivity contribution in [2.45, 2.75) is 13.1 Å². The first-order chi connectivity index (χ1) is 9.26. The van der Waals surface area contributed by atoms with Gasteiger partial charge in [0.25, 0.3) is 0 Å². The molecule has 0 unspecified atom stereocenters. The van der Waals surface area contributed by atoms with Crippen molar-refractivity contribution in [3.8, 4) is 5.75 Å². The first kappa shape index (κ1) is 12.2. The Labute approximate surface area is 116 Å². The van der Waals surface area contributed by atoms with Gasteiger partial charge in [0.05, 0.1) is 12.8 Å². The molecule has 6 heteroatoms. The Morgan fingerprint density at radius 2 is 2.21 bits per heavy atom. The van der Waals surface area contributed by atoms with Crippen molar-refractivity contribution in [1.29, 1.82) is 0 Å². The Balaban J connectivity index is 1.89. The van der Waals surface area contributed by atoms with Crippen LogP contribution in [0.2, 0.25) is 5.15 Å². The average molecular weight is 277 g/mol. The van der Waals surface area contributed by atoms with Crippen molar-refractivity contribution in [1.82, 2.24) is 15.3 Å². The standard InChI is InChI=1S/C13H13ClN4O/c1-19-9-4-2-3-8(5-9)16-13-17-11-7-15-6-10(11)12(14)18-13/h2-5,15H,6-7H2,1H3,(H,16,17,18). The number of hydrogen-bond acceptors (Lipinski definition) is 5. The third kappa shape index (κ3) is 2.47. The van der Waals surface area contributed by atoms with Gasteiger partial charge in [0.1, 0.15) is 10.9 Å². The molecule has 19 heavy (non-hydrogen) atoms. The quantitative estimate of drug-likeness (QED) is 0.844. The minimum absolute atomic E-state index is 0.500. The first-order valence-electron chi connectivity index (χ1n) is 5.93. The van der Waals surface area contributed by atoms with Crippen LogP contribution >= 0.6 is 11.6 Å². The summed E-state index contributed by atoms with van der Waals surface area (Å²) in [6.07, 6.45) is 0. The third-order valence-corrected chi connectivity index (χ3v) is 3.28. The van der Waals surface area contributed by atoms with Crippen LogP contribution in [0.4, 0.5) is 11.6 Å². The lowest BCUT2D eigenvalue weighted by Gasteiger charge is -2.08. The van der Waals surface area contributed by atoms with Gasteiger partial charge in [-0.1, -0.05) is 17.7 Å². The predicted molar refractivity (Wildman–Crippen MR) is 73.9 cm³/mol. The molecule has 0 saturated heterocycles. The van der Waals surface area contributed by atoms with Gasteiger partial charge in [0.15, 0.2) is 0 Å². The number of ether oxygens (including phenoxy) is 1. The van der Waals surface area contributed by atoms with E-state index in [1.165, 1.54) is 0 Å². The van der Waals surface area contributed by atoms with E-state index in [2.05, 4.69) is 20.6 Å². The number of hydrogen-bond donors (Lipinski definition) is 2. The molecule has 0 aliphatic carbocycles. The van der Waals surface area contributed by atoms with Gasteiger partial charge >= 0.3 is 0 Å². The molecule has 1 aromatic heterocycles. The van der Waals surface area contributed by atoms with Crippen LogP contribution in [0.25, 0.3) is 0 Å². The zero-order chi connectivity index (χ0) is 13.2. The maximum absolute atomic E-state index is 6.14. The lowest BCUT2D eigenvalue weighted by atomic mass is 10.3. The summed E-state index contributed by atoms with van der Waals surface area (Å²) in [5.74, 6) is 1.28. The summed E-state index contributed by atoms with van der Waals surface area (Å²) in [6, 6.07) is 7.58. The molecule has 1 aliphatic rings. The summed E-state index contributed by atoms with van der Waals surface area (Å²) in [4.78, 5) is 8.71. The Kier molecular flexibility index (Phi) is 3.23. The van der Waals surface area contributed by atoms with Gasteiger partial charge in [0.2, 0.25) is 5.95 Å². The highest BCUT2D eigenvalue weighted by molar-refractivity contribution is 6.30. The summed E-state index contributed by atoms with van der Waals surface area (Å²) in [5.41, 5.74) is 2.80. The molecule has 98 valence electrons. The summed E-state index contributed by atoms with van der Waals surface area (Å²) >= 11 is 6.14. The second-order valence-corrected chi connectivity index (χ2v) is 4.58. The van der Waals surface area contributed by atoms with E-state index < -0.39 is 0 Å². The maximum Gasteiger partial charge on any atom is 0.228 e. The highest BCUT2D eigenvalue weighted by atomic mass is 35.5. The third-order valence-electron chi connectivity index (χ3n) is 2.96. The molecule has 2 aromatic rings. The fraction of sp³-hybridized carbons (Fsp3) is 0.231. The minimum Gasteiger partial charge on any atom is -0.497 e. The number of nitrogens with zero attached hydrogens (tertiary/aromatic N) is 2. The molecule has 0 amide bonds. The van der Waals surface area contributed by atoms with E-state index in [0.29, 0.717) is 11.1 Å². The molecule has 5 nitrogen and oxygen atoms in total. The smallest absolute Gasteiger partial charge is 0.228 e. The van der Waals surface area contributed by atoms with E-state index in [4.69, 9.17) is 16.3 Å². The van der Waals surface area contributed by atoms with Crippen LogP contribution in [0.5, 0.6) is 5.75 Å². The molecule has 1 aromatic carbocycles. The second-order valence-electron chi connectivity index (χ2n) is 4.22. The molecule has 2 heterocycles. The average Bonchev–Trinajstić information content (AvgIpc) is 2.88. The molecule has 0 atom stereocenters. The van der Waals surface area contributed by atoms with Crippen LogP contribution in [0.3, 0.4) is 0 Å². The van der Waals surface area contributed by atoms with Crippen LogP contribution in [0, 0.1) is 0 Å². The van der Waals surface area contributed by atoms with Crippen molar-refractivity contribution in [3.63, 3.8) is 0 Å². The van der Waals surface area contributed by atoms with Crippen LogP contribution in [-0.4, -0.2) is 17.1 Å². The lowest BCUT2D eigenvalue weighted by molar-refractivity contribution is 0.415. The van der Waals surface area contributed by atoms with E-state index in [-0.39, 0.29) is 0 Å². The lowest BCUT2D eigenvalue weighted by Crippen LogP contribution is -2.02. The van der Waals surface area contributed by atoms with Gasteiger partial charge in [-0.25, -0.2) is 9.97 Å². The van der Waals surface area contributed by atoms with Gasteiger partial charge in [-0.15, -0.1) is 0 Å². The number of halogens is 1. The Hall–Kier alpha value is -1.85. The number of rotatable bonds is 3. The highest BCUT2D eigenvalue weighted by Gasteiger charge is 2.17. The Morgan fingerprint density at radius 1 is 1.32 bits per heavy atom. The predicted octanol–water partition coefficient (Wildman–Crippen LogP) is 2.49. The summed E-state index contributed by atoms with van der Waals surface area (Å²) in [6.45, 7) is 1.46. The number of anilines is 2. The molecule has 1 aliphatic heterocycles. The van der Waals surface area contributed by atoms with Crippen molar-refractivity contribution in [2.24, 2.45) is 0 Å². The van der Waals surface area contributed by atoms with Gasteiger partial charge in [-0.3, -0.25) is 0 Å². The Bertz CT molecular complexity index is 618. The molecular weight excluding hydrogens is 264 g/mol. The zero-order valence-electron chi connectivity index (χ0n) is 10.4. The fourth-order valence-corrected chi connectivity index (χ4v) is 2.27.